The van der Waals surface area contributed by atoms with Gasteiger partial charge >= 0.3 is 6.61 Å². The highest BCUT2D eigenvalue weighted by Crippen LogP contribution is 2.20. The van der Waals surface area contributed by atoms with Gasteiger partial charge in [-0.05, 0) is 42.2 Å². The lowest BCUT2D eigenvalue weighted by Gasteiger charge is -2.33. The van der Waals surface area contributed by atoms with E-state index >= 15 is 0 Å². The zero-order valence-electron chi connectivity index (χ0n) is 15.3. The summed E-state index contributed by atoms with van der Waals surface area (Å²) in [4.78, 5) is 14.6. The van der Waals surface area contributed by atoms with Gasteiger partial charge in [0.15, 0.2) is 0 Å². The maximum atomic E-state index is 12.2. The van der Waals surface area contributed by atoms with E-state index in [-0.39, 0.29) is 24.1 Å². The summed E-state index contributed by atoms with van der Waals surface area (Å²) in [5.74, 6) is 0.00921. The normalized spacial score (nSPS) is 15.3. The number of carbonyl (C=O) groups is 1. The summed E-state index contributed by atoms with van der Waals surface area (Å²) < 4.78 is 28.6. The van der Waals surface area contributed by atoms with E-state index in [0.29, 0.717) is 6.54 Å². The van der Waals surface area contributed by atoms with Crippen molar-refractivity contribution in [1.82, 2.24) is 10.2 Å². The first kappa shape index (κ1) is 19.3. The average Bonchev–Trinajstić information content (AvgIpc) is 2.67. The number of hydrogen-bond donors (Lipinski definition) is 1. The van der Waals surface area contributed by atoms with Crippen LogP contribution in [0.25, 0.3) is 0 Å². The molecule has 1 heterocycles. The van der Waals surface area contributed by atoms with Crippen molar-refractivity contribution >= 4 is 5.91 Å². The van der Waals surface area contributed by atoms with Gasteiger partial charge in [-0.2, -0.15) is 8.78 Å². The first-order valence-electron chi connectivity index (χ1n) is 9.12. The van der Waals surface area contributed by atoms with Crippen LogP contribution in [0, 0.1) is 0 Å². The van der Waals surface area contributed by atoms with Gasteiger partial charge in [-0.3, -0.25) is 9.69 Å². The van der Waals surface area contributed by atoms with Crippen molar-refractivity contribution in [3.8, 4) is 5.75 Å². The molecule has 1 N–H and O–H groups in total. The van der Waals surface area contributed by atoms with Gasteiger partial charge in [-0.15, -0.1) is 0 Å². The molecule has 2 aromatic carbocycles. The van der Waals surface area contributed by atoms with Crippen molar-refractivity contribution in [3.63, 3.8) is 0 Å². The molecule has 0 spiro atoms. The smallest absolute Gasteiger partial charge is 0.387 e. The largest absolute Gasteiger partial charge is 0.435 e. The molecule has 0 aromatic heterocycles. The Balaban J connectivity index is 1.45. The lowest BCUT2D eigenvalue weighted by molar-refractivity contribution is -0.120. The van der Waals surface area contributed by atoms with Gasteiger partial charge in [0.2, 0.25) is 5.91 Å². The molecule has 3 rings (SSSR count). The molecule has 1 atom stereocenters. The van der Waals surface area contributed by atoms with Crippen molar-refractivity contribution in [2.24, 2.45) is 0 Å². The molecule has 1 aliphatic rings. The van der Waals surface area contributed by atoms with Crippen LogP contribution in [0.15, 0.2) is 48.5 Å². The molecule has 6 heteroatoms. The summed E-state index contributed by atoms with van der Waals surface area (Å²) in [7, 11) is 0. The van der Waals surface area contributed by atoms with Gasteiger partial charge in [-0.25, -0.2) is 0 Å². The summed E-state index contributed by atoms with van der Waals surface area (Å²) in [6, 6.07) is 14.9. The molecule has 1 aliphatic heterocycles. The molecular weight excluding hydrogens is 350 g/mol. The van der Waals surface area contributed by atoms with E-state index in [1.165, 1.54) is 23.3 Å². The van der Waals surface area contributed by atoms with E-state index < -0.39 is 6.61 Å². The fourth-order valence-electron chi connectivity index (χ4n) is 3.32. The van der Waals surface area contributed by atoms with Crippen LogP contribution < -0.4 is 10.1 Å². The second-order valence-corrected chi connectivity index (χ2v) is 6.84. The molecule has 0 radical (unpaired) electrons. The minimum absolute atomic E-state index is 0.0817. The van der Waals surface area contributed by atoms with Gasteiger partial charge in [0.25, 0.3) is 0 Å². The molecule has 0 aliphatic carbocycles. The Hall–Kier alpha value is -2.47. The van der Waals surface area contributed by atoms with Crippen molar-refractivity contribution in [3.05, 3.63) is 65.2 Å². The number of fused-ring (bicyclic) bond motifs is 1. The fourth-order valence-corrected chi connectivity index (χ4v) is 3.32. The standard InChI is InChI=1S/C21H24F2N2O2/c1-15(25-11-10-17-4-2-3-5-18(17)14-25)13-24-20(26)12-16-6-8-19(9-7-16)27-21(22)23/h2-9,15,21H,10-14H2,1H3,(H,24,26). The first-order valence-corrected chi connectivity index (χ1v) is 9.12. The maximum Gasteiger partial charge on any atom is 0.387 e. The lowest BCUT2D eigenvalue weighted by Crippen LogP contribution is -2.44. The lowest BCUT2D eigenvalue weighted by atomic mass is 9.99. The van der Waals surface area contributed by atoms with Gasteiger partial charge in [0, 0.05) is 25.7 Å². The SMILES string of the molecule is CC(CNC(=O)Cc1ccc(OC(F)F)cc1)N1CCc2ccccc2C1. The minimum Gasteiger partial charge on any atom is -0.435 e. The quantitative estimate of drug-likeness (QED) is 0.808. The Labute approximate surface area is 158 Å². The highest BCUT2D eigenvalue weighted by Gasteiger charge is 2.20. The molecule has 0 saturated carbocycles. The Morgan fingerprint density at radius 3 is 2.56 bits per heavy atom. The van der Waals surface area contributed by atoms with Crippen LogP contribution in [-0.2, 0) is 24.2 Å². The van der Waals surface area contributed by atoms with E-state index in [0.717, 1.165) is 25.1 Å². The van der Waals surface area contributed by atoms with Gasteiger partial charge in [0.1, 0.15) is 5.75 Å². The number of rotatable bonds is 7. The molecule has 2 aromatic rings. The number of ether oxygens (including phenoxy) is 1. The van der Waals surface area contributed by atoms with Crippen molar-refractivity contribution < 1.29 is 18.3 Å². The predicted octanol–water partition coefficient (Wildman–Crippen LogP) is 3.39. The Bertz CT molecular complexity index is 765. The number of benzene rings is 2. The number of alkyl halides is 2. The number of amides is 1. The Morgan fingerprint density at radius 2 is 1.85 bits per heavy atom. The molecule has 0 bridgehead atoms. The molecule has 27 heavy (non-hydrogen) atoms. The predicted molar refractivity (Wildman–Crippen MR) is 99.8 cm³/mol. The van der Waals surface area contributed by atoms with Crippen LogP contribution in [0.5, 0.6) is 5.75 Å². The first-order chi connectivity index (χ1) is 13.0. The summed E-state index contributed by atoms with van der Waals surface area (Å²) in [6.45, 7) is 1.74. The highest BCUT2D eigenvalue weighted by molar-refractivity contribution is 5.78. The molecule has 144 valence electrons. The van der Waals surface area contributed by atoms with E-state index in [9.17, 15) is 13.6 Å². The zero-order chi connectivity index (χ0) is 19.2. The van der Waals surface area contributed by atoms with Crippen LogP contribution in [-0.4, -0.2) is 36.5 Å². The van der Waals surface area contributed by atoms with E-state index in [2.05, 4.69) is 46.1 Å². The van der Waals surface area contributed by atoms with Crippen molar-refractivity contribution in [2.45, 2.75) is 39.0 Å². The Morgan fingerprint density at radius 1 is 1.15 bits per heavy atom. The van der Waals surface area contributed by atoms with Gasteiger partial charge in [-0.1, -0.05) is 36.4 Å². The summed E-state index contributed by atoms with van der Waals surface area (Å²) >= 11 is 0. The van der Waals surface area contributed by atoms with E-state index in [4.69, 9.17) is 0 Å². The third kappa shape index (κ3) is 5.50. The van der Waals surface area contributed by atoms with Gasteiger partial charge in [0.05, 0.1) is 6.42 Å². The third-order valence-electron chi connectivity index (χ3n) is 4.89. The average molecular weight is 374 g/mol. The van der Waals surface area contributed by atoms with E-state index in [1.807, 2.05) is 0 Å². The molecule has 4 nitrogen and oxygen atoms in total. The van der Waals surface area contributed by atoms with Crippen LogP contribution in [0.3, 0.4) is 0 Å². The highest BCUT2D eigenvalue weighted by atomic mass is 19.3. The van der Waals surface area contributed by atoms with Crippen LogP contribution >= 0.6 is 0 Å². The molecule has 0 saturated heterocycles. The minimum atomic E-state index is -2.85. The maximum absolute atomic E-state index is 12.2. The second-order valence-electron chi connectivity index (χ2n) is 6.84. The monoisotopic (exact) mass is 374 g/mol. The van der Waals surface area contributed by atoms with Crippen LogP contribution in [0.2, 0.25) is 0 Å². The molecular formula is C21H24F2N2O2. The summed E-state index contributed by atoms with van der Waals surface area (Å²) in [5.41, 5.74) is 3.52. The number of nitrogens with zero attached hydrogens (tertiary/aromatic N) is 1. The summed E-state index contributed by atoms with van der Waals surface area (Å²) in [5, 5.41) is 2.97. The van der Waals surface area contributed by atoms with Gasteiger partial charge < -0.3 is 10.1 Å². The number of carbonyl (C=O) groups excluding carboxylic acids is 1. The summed E-state index contributed by atoms with van der Waals surface area (Å²) in [6.07, 6.45) is 1.24. The van der Waals surface area contributed by atoms with Crippen LogP contribution in [0.1, 0.15) is 23.6 Å². The molecule has 0 fully saturated rings. The third-order valence-corrected chi connectivity index (χ3v) is 4.89. The fraction of sp³-hybridized carbons (Fsp3) is 0.381. The topological polar surface area (TPSA) is 41.6 Å². The number of halogens is 2. The van der Waals surface area contributed by atoms with Crippen molar-refractivity contribution in [2.75, 3.05) is 13.1 Å². The molecule has 1 amide bonds. The second kappa shape index (κ2) is 8.95. The van der Waals surface area contributed by atoms with E-state index in [1.54, 1.807) is 12.1 Å². The number of hydrogen-bond acceptors (Lipinski definition) is 3. The number of nitrogens with one attached hydrogen (secondary N) is 1. The Kier molecular flexibility index (Phi) is 6.40. The molecule has 1 unspecified atom stereocenters. The zero-order valence-corrected chi connectivity index (χ0v) is 15.3. The van der Waals surface area contributed by atoms with Crippen molar-refractivity contribution in [1.29, 1.82) is 0 Å². The van der Waals surface area contributed by atoms with Crippen LogP contribution in [0.4, 0.5) is 8.78 Å².